The van der Waals surface area contributed by atoms with Gasteiger partial charge in [-0.1, -0.05) is 12.1 Å². The fourth-order valence-corrected chi connectivity index (χ4v) is 2.91. The van der Waals surface area contributed by atoms with Gasteiger partial charge in [0, 0.05) is 19.1 Å². The second-order valence-corrected chi connectivity index (χ2v) is 6.72. The van der Waals surface area contributed by atoms with E-state index >= 15 is 0 Å². The topological polar surface area (TPSA) is 29.3 Å². The van der Waals surface area contributed by atoms with Crippen LogP contribution in [-0.4, -0.2) is 19.1 Å². The van der Waals surface area contributed by atoms with E-state index in [0.717, 1.165) is 42.6 Å². The SMILES string of the molecule is CC(N)Cc1cccc(F)c1N(CC1CC1)CC1CC1. The van der Waals surface area contributed by atoms with Gasteiger partial charge in [-0.05, 0) is 62.5 Å². The van der Waals surface area contributed by atoms with E-state index in [0.29, 0.717) is 0 Å². The molecule has 0 radical (unpaired) electrons. The molecular weight excluding hydrogens is 251 g/mol. The quantitative estimate of drug-likeness (QED) is 0.827. The van der Waals surface area contributed by atoms with Gasteiger partial charge < -0.3 is 10.6 Å². The van der Waals surface area contributed by atoms with Crippen LogP contribution in [0.25, 0.3) is 0 Å². The van der Waals surface area contributed by atoms with Crippen molar-refractivity contribution in [3.8, 4) is 0 Å². The largest absolute Gasteiger partial charge is 0.368 e. The van der Waals surface area contributed by atoms with E-state index in [1.807, 2.05) is 19.1 Å². The van der Waals surface area contributed by atoms with Gasteiger partial charge in [-0.2, -0.15) is 0 Å². The molecule has 2 fully saturated rings. The van der Waals surface area contributed by atoms with Gasteiger partial charge in [-0.25, -0.2) is 4.39 Å². The van der Waals surface area contributed by atoms with Crippen LogP contribution in [0.3, 0.4) is 0 Å². The molecule has 1 aromatic rings. The zero-order chi connectivity index (χ0) is 14.1. The van der Waals surface area contributed by atoms with Gasteiger partial charge in [-0.15, -0.1) is 0 Å². The monoisotopic (exact) mass is 276 g/mol. The number of halogens is 1. The minimum absolute atomic E-state index is 0.0687. The summed E-state index contributed by atoms with van der Waals surface area (Å²) < 4.78 is 14.4. The molecule has 1 atom stereocenters. The molecule has 0 saturated heterocycles. The lowest BCUT2D eigenvalue weighted by atomic mass is 10.0. The molecule has 0 aliphatic heterocycles. The smallest absolute Gasteiger partial charge is 0.146 e. The lowest BCUT2D eigenvalue weighted by Gasteiger charge is -2.28. The molecule has 20 heavy (non-hydrogen) atoms. The second-order valence-electron chi connectivity index (χ2n) is 6.72. The number of rotatable bonds is 7. The second kappa shape index (κ2) is 5.72. The maximum atomic E-state index is 14.4. The van der Waals surface area contributed by atoms with Crippen LogP contribution in [0.4, 0.5) is 10.1 Å². The summed E-state index contributed by atoms with van der Waals surface area (Å²) in [4.78, 5) is 2.31. The summed E-state index contributed by atoms with van der Waals surface area (Å²) in [5.74, 6) is 1.47. The van der Waals surface area contributed by atoms with Crippen LogP contribution in [0.2, 0.25) is 0 Å². The first-order valence-electron chi connectivity index (χ1n) is 7.91. The van der Waals surface area contributed by atoms with Crippen LogP contribution in [0.15, 0.2) is 18.2 Å². The van der Waals surface area contributed by atoms with Crippen LogP contribution >= 0.6 is 0 Å². The number of benzene rings is 1. The molecule has 1 aromatic carbocycles. The number of nitrogens with two attached hydrogens (primary N) is 1. The van der Waals surface area contributed by atoms with Crippen molar-refractivity contribution < 1.29 is 4.39 Å². The maximum Gasteiger partial charge on any atom is 0.146 e. The average Bonchev–Trinajstić information content (AvgIpc) is 3.23. The molecule has 1 unspecified atom stereocenters. The zero-order valence-corrected chi connectivity index (χ0v) is 12.3. The molecule has 0 heterocycles. The minimum Gasteiger partial charge on any atom is -0.368 e. The highest BCUT2D eigenvalue weighted by atomic mass is 19.1. The first kappa shape index (κ1) is 13.9. The molecule has 2 nitrogen and oxygen atoms in total. The Labute approximate surface area is 121 Å². The van der Waals surface area contributed by atoms with Crippen LogP contribution < -0.4 is 10.6 Å². The summed E-state index contributed by atoms with van der Waals surface area (Å²) >= 11 is 0. The highest BCUT2D eigenvalue weighted by Crippen LogP contribution is 2.37. The summed E-state index contributed by atoms with van der Waals surface area (Å²) in [6.07, 6.45) is 5.96. The Morgan fingerprint density at radius 2 is 1.80 bits per heavy atom. The Balaban J connectivity index is 1.85. The minimum atomic E-state index is -0.0792. The summed E-state index contributed by atoms with van der Waals surface area (Å²) in [6, 6.07) is 5.50. The number of para-hydroxylation sites is 1. The summed E-state index contributed by atoms with van der Waals surface area (Å²) in [5.41, 5.74) is 7.82. The lowest BCUT2D eigenvalue weighted by molar-refractivity contribution is 0.596. The molecule has 2 aliphatic rings. The maximum absolute atomic E-state index is 14.4. The molecule has 2 aliphatic carbocycles. The van der Waals surface area contributed by atoms with Crippen molar-refractivity contribution in [2.24, 2.45) is 17.6 Å². The van der Waals surface area contributed by atoms with Gasteiger partial charge in [0.05, 0.1) is 5.69 Å². The zero-order valence-electron chi connectivity index (χ0n) is 12.3. The number of hydrogen-bond acceptors (Lipinski definition) is 2. The number of nitrogens with zero attached hydrogens (tertiary/aromatic N) is 1. The van der Waals surface area contributed by atoms with Gasteiger partial charge in [0.25, 0.3) is 0 Å². The highest BCUT2D eigenvalue weighted by molar-refractivity contribution is 5.55. The van der Waals surface area contributed by atoms with Crippen molar-refractivity contribution >= 4 is 5.69 Å². The van der Waals surface area contributed by atoms with E-state index in [1.54, 1.807) is 6.07 Å². The van der Waals surface area contributed by atoms with Gasteiger partial charge in [0.2, 0.25) is 0 Å². The van der Waals surface area contributed by atoms with Gasteiger partial charge in [0.1, 0.15) is 5.82 Å². The fourth-order valence-electron chi connectivity index (χ4n) is 2.91. The third-order valence-electron chi connectivity index (χ3n) is 4.28. The Hall–Kier alpha value is -1.09. The normalized spacial score (nSPS) is 19.9. The third-order valence-corrected chi connectivity index (χ3v) is 4.28. The molecule has 0 aromatic heterocycles. The Kier molecular flexibility index (Phi) is 3.97. The van der Waals surface area contributed by atoms with E-state index < -0.39 is 0 Å². The predicted octanol–water partition coefficient (Wildman–Crippen LogP) is 3.34. The number of anilines is 1. The van der Waals surface area contributed by atoms with E-state index in [4.69, 9.17) is 5.73 Å². The summed E-state index contributed by atoms with van der Waals surface area (Å²) in [7, 11) is 0. The highest BCUT2D eigenvalue weighted by Gasteiger charge is 2.31. The molecule has 2 N–H and O–H groups in total. The van der Waals surface area contributed by atoms with Crippen molar-refractivity contribution in [3.63, 3.8) is 0 Å². The van der Waals surface area contributed by atoms with Gasteiger partial charge in [0.15, 0.2) is 0 Å². The van der Waals surface area contributed by atoms with Crippen molar-refractivity contribution in [1.29, 1.82) is 0 Å². The van der Waals surface area contributed by atoms with E-state index in [-0.39, 0.29) is 11.9 Å². The molecule has 3 heteroatoms. The van der Waals surface area contributed by atoms with Crippen LogP contribution in [0.1, 0.15) is 38.2 Å². The van der Waals surface area contributed by atoms with E-state index in [2.05, 4.69) is 4.90 Å². The van der Waals surface area contributed by atoms with Crippen molar-refractivity contribution in [1.82, 2.24) is 0 Å². The lowest BCUT2D eigenvalue weighted by Crippen LogP contribution is -2.31. The van der Waals surface area contributed by atoms with Crippen LogP contribution in [0.5, 0.6) is 0 Å². The van der Waals surface area contributed by atoms with Gasteiger partial charge >= 0.3 is 0 Å². The average molecular weight is 276 g/mol. The van der Waals surface area contributed by atoms with Crippen LogP contribution in [-0.2, 0) is 6.42 Å². The van der Waals surface area contributed by atoms with Crippen molar-refractivity contribution in [2.75, 3.05) is 18.0 Å². The Morgan fingerprint density at radius 1 is 1.20 bits per heavy atom. The molecule has 0 amide bonds. The van der Waals surface area contributed by atoms with Crippen molar-refractivity contribution in [3.05, 3.63) is 29.6 Å². The predicted molar refractivity (Wildman–Crippen MR) is 81.4 cm³/mol. The summed E-state index contributed by atoms with van der Waals surface area (Å²) in [5, 5.41) is 0. The molecule has 0 spiro atoms. The molecule has 3 rings (SSSR count). The fraction of sp³-hybridized carbons (Fsp3) is 0.647. The van der Waals surface area contributed by atoms with Crippen molar-refractivity contribution in [2.45, 2.75) is 45.1 Å². The van der Waals surface area contributed by atoms with Crippen LogP contribution in [0, 0.1) is 17.7 Å². The third kappa shape index (κ3) is 3.51. The first-order chi connectivity index (χ1) is 9.63. The molecule has 2 saturated carbocycles. The summed E-state index contributed by atoms with van der Waals surface area (Å²) in [6.45, 7) is 4.02. The standard InChI is InChI=1S/C17H25FN2/c1-12(19)9-15-3-2-4-16(18)17(15)20(10-13-5-6-13)11-14-7-8-14/h2-4,12-14H,5-11,19H2,1H3. The van der Waals surface area contributed by atoms with E-state index in [1.165, 1.54) is 25.7 Å². The van der Waals surface area contributed by atoms with Gasteiger partial charge in [-0.3, -0.25) is 0 Å². The number of hydrogen-bond donors (Lipinski definition) is 1. The Morgan fingerprint density at radius 3 is 2.30 bits per heavy atom. The molecule has 0 bridgehead atoms. The molecular formula is C17H25FN2. The van der Waals surface area contributed by atoms with E-state index in [9.17, 15) is 4.39 Å². The Bertz CT molecular complexity index is 450. The molecule has 110 valence electrons. The first-order valence-corrected chi connectivity index (χ1v) is 7.91.